The standard InChI is InChI=1S/C22H21N7O3/c1-31-20-17(25-22(30)29-18(8-10-32-29)14-5-3-2-4-6-14)11-16(13-24-20)15-7-9-28-19(12-15)26-21(23)27-28/h2-7,9,11-13,18H,8,10H2,1H3,(H2,23,27)(H,25,30)/t18-/m0/s1. The van der Waals surface area contributed by atoms with Crippen LogP contribution < -0.4 is 15.8 Å². The van der Waals surface area contributed by atoms with Gasteiger partial charge in [-0.1, -0.05) is 30.3 Å². The second-order valence-corrected chi connectivity index (χ2v) is 7.27. The number of urea groups is 1. The number of hydrogen-bond donors (Lipinski definition) is 2. The first-order chi connectivity index (χ1) is 15.6. The van der Waals surface area contributed by atoms with Crippen LogP contribution in [0.1, 0.15) is 18.0 Å². The molecule has 0 spiro atoms. The van der Waals surface area contributed by atoms with Gasteiger partial charge in [-0.2, -0.15) is 10.0 Å². The molecular formula is C22H21N7O3. The van der Waals surface area contributed by atoms with Gasteiger partial charge < -0.3 is 15.8 Å². The maximum Gasteiger partial charge on any atom is 0.346 e. The average Bonchev–Trinajstić information content (AvgIpc) is 3.45. The molecule has 0 saturated carbocycles. The number of nitrogens with zero attached hydrogens (tertiary/aromatic N) is 5. The van der Waals surface area contributed by atoms with E-state index in [2.05, 4.69) is 20.4 Å². The number of ether oxygens (including phenoxy) is 1. The number of aromatic nitrogens is 4. The van der Waals surface area contributed by atoms with E-state index >= 15 is 0 Å². The fraction of sp³-hybridized carbons (Fsp3) is 0.182. The summed E-state index contributed by atoms with van der Waals surface area (Å²) >= 11 is 0. The van der Waals surface area contributed by atoms with Crippen LogP contribution in [0, 0.1) is 0 Å². The molecule has 1 atom stereocenters. The molecule has 4 aromatic rings. The highest BCUT2D eigenvalue weighted by molar-refractivity contribution is 5.91. The van der Waals surface area contributed by atoms with Crippen LogP contribution in [0.3, 0.4) is 0 Å². The van der Waals surface area contributed by atoms with E-state index in [1.807, 2.05) is 42.5 Å². The second-order valence-electron chi connectivity index (χ2n) is 7.27. The number of methoxy groups -OCH3 is 1. The van der Waals surface area contributed by atoms with E-state index in [1.165, 1.54) is 12.2 Å². The molecule has 1 aliphatic rings. The zero-order valence-electron chi connectivity index (χ0n) is 17.3. The first-order valence-electron chi connectivity index (χ1n) is 10.1. The molecule has 162 valence electrons. The number of amides is 2. The predicted molar refractivity (Wildman–Crippen MR) is 118 cm³/mol. The molecule has 2 amide bonds. The van der Waals surface area contributed by atoms with E-state index in [9.17, 15) is 4.79 Å². The van der Waals surface area contributed by atoms with E-state index < -0.39 is 6.03 Å². The van der Waals surface area contributed by atoms with Crippen molar-refractivity contribution in [1.82, 2.24) is 24.6 Å². The third-order valence-corrected chi connectivity index (χ3v) is 5.26. The van der Waals surface area contributed by atoms with Crippen molar-refractivity contribution in [3.63, 3.8) is 0 Å². The van der Waals surface area contributed by atoms with E-state index in [0.29, 0.717) is 30.2 Å². The number of benzene rings is 1. The molecule has 10 heteroatoms. The van der Waals surface area contributed by atoms with Crippen LogP contribution in [0.5, 0.6) is 5.88 Å². The lowest BCUT2D eigenvalue weighted by molar-refractivity contribution is -0.0830. The summed E-state index contributed by atoms with van der Waals surface area (Å²) in [6.45, 7) is 0.462. The van der Waals surface area contributed by atoms with Crippen molar-refractivity contribution in [3.8, 4) is 17.0 Å². The van der Waals surface area contributed by atoms with Gasteiger partial charge in [0.05, 0.1) is 19.8 Å². The van der Waals surface area contributed by atoms with Gasteiger partial charge in [-0.15, -0.1) is 5.10 Å². The zero-order chi connectivity index (χ0) is 22.1. The number of fused-ring (bicyclic) bond motifs is 1. The summed E-state index contributed by atoms with van der Waals surface area (Å²) < 4.78 is 6.95. The van der Waals surface area contributed by atoms with Gasteiger partial charge >= 0.3 is 6.03 Å². The van der Waals surface area contributed by atoms with E-state index in [1.54, 1.807) is 23.0 Å². The molecule has 0 radical (unpaired) electrons. The number of carbonyl (C=O) groups excluding carboxylic acids is 1. The highest BCUT2D eigenvalue weighted by atomic mass is 16.7. The lowest BCUT2D eigenvalue weighted by Gasteiger charge is -2.23. The molecule has 0 unspecified atom stereocenters. The molecule has 5 rings (SSSR count). The van der Waals surface area contributed by atoms with Crippen molar-refractivity contribution in [3.05, 3.63) is 66.5 Å². The number of rotatable bonds is 4. The van der Waals surface area contributed by atoms with Crippen LogP contribution in [0.25, 0.3) is 16.8 Å². The molecule has 3 N–H and O–H groups in total. The van der Waals surface area contributed by atoms with Gasteiger partial charge in [0.15, 0.2) is 5.65 Å². The number of nitrogen functional groups attached to an aromatic ring is 1. The Bertz CT molecular complexity index is 1280. The summed E-state index contributed by atoms with van der Waals surface area (Å²) in [4.78, 5) is 27.2. The van der Waals surface area contributed by atoms with Crippen molar-refractivity contribution in [2.75, 3.05) is 24.8 Å². The van der Waals surface area contributed by atoms with Crippen LogP contribution in [-0.4, -0.2) is 44.4 Å². The van der Waals surface area contributed by atoms with Gasteiger partial charge in [-0.3, -0.25) is 4.84 Å². The smallest absolute Gasteiger partial charge is 0.346 e. The number of hydroxylamine groups is 2. The fourth-order valence-corrected chi connectivity index (χ4v) is 3.76. The highest BCUT2D eigenvalue weighted by Crippen LogP contribution is 2.33. The topological polar surface area (TPSA) is 120 Å². The van der Waals surface area contributed by atoms with Crippen LogP contribution in [0.4, 0.5) is 16.4 Å². The Morgan fingerprint density at radius 2 is 2.06 bits per heavy atom. The zero-order valence-corrected chi connectivity index (χ0v) is 17.3. The molecule has 1 saturated heterocycles. The largest absolute Gasteiger partial charge is 0.480 e. The molecule has 3 aromatic heterocycles. The summed E-state index contributed by atoms with van der Waals surface area (Å²) in [6.07, 6.45) is 4.15. The van der Waals surface area contributed by atoms with Gasteiger partial charge in [-0.25, -0.2) is 14.3 Å². The van der Waals surface area contributed by atoms with Gasteiger partial charge in [0.1, 0.15) is 5.69 Å². The van der Waals surface area contributed by atoms with Crippen molar-refractivity contribution >= 4 is 23.3 Å². The molecule has 4 heterocycles. The third kappa shape index (κ3) is 3.67. The Balaban J connectivity index is 1.43. The van der Waals surface area contributed by atoms with Gasteiger partial charge in [-0.05, 0) is 29.3 Å². The van der Waals surface area contributed by atoms with E-state index in [0.717, 1.165) is 16.7 Å². The van der Waals surface area contributed by atoms with Gasteiger partial charge in [0.25, 0.3) is 0 Å². The maximum absolute atomic E-state index is 13.1. The lowest BCUT2D eigenvalue weighted by Crippen LogP contribution is -2.33. The average molecular weight is 431 g/mol. The summed E-state index contributed by atoms with van der Waals surface area (Å²) in [5.41, 5.74) is 9.34. The molecule has 0 aliphatic carbocycles. The third-order valence-electron chi connectivity index (χ3n) is 5.26. The SMILES string of the molecule is COc1ncc(-c2ccn3nc(N)nc3c2)cc1NC(=O)N1OCC[C@H]1c1ccccc1. The summed E-state index contributed by atoms with van der Waals surface area (Å²) in [6, 6.07) is 14.7. The van der Waals surface area contributed by atoms with Crippen molar-refractivity contribution in [2.45, 2.75) is 12.5 Å². The van der Waals surface area contributed by atoms with Crippen molar-refractivity contribution < 1.29 is 14.4 Å². The Kier molecular flexibility index (Phi) is 5.04. The van der Waals surface area contributed by atoms with Gasteiger partial charge in [0, 0.05) is 24.4 Å². The predicted octanol–water partition coefficient (Wildman–Crippen LogP) is 3.29. The number of pyridine rings is 2. The van der Waals surface area contributed by atoms with E-state index in [4.69, 9.17) is 15.3 Å². The minimum Gasteiger partial charge on any atom is -0.480 e. The first-order valence-corrected chi connectivity index (χ1v) is 10.1. The van der Waals surface area contributed by atoms with Crippen LogP contribution >= 0.6 is 0 Å². The minimum atomic E-state index is -0.394. The van der Waals surface area contributed by atoms with Crippen LogP contribution in [0.15, 0.2) is 60.9 Å². The van der Waals surface area contributed by atoms with Crippen LogP contribution in [0.2, 0.25) is 0 Å². The highest BCUT2D eigenvalue weighted by Gasteiger charge is 2.32. The molecule has 1 fully saturated rings. The van der Waals surface area contributed by atoms with Crippen molar-refractivity contribution in [2.24, 2.45) is 0 Å². The lowest BCUT2D eigenvalue weighted by atomic mass is 10.1. The van der Waals surface area contributed by atoms with E-state index in [-0.39, 0.29) is 12.0 Å². The van der Waals surface area contributed by atoms with Crippen molar-refractivity contribution in [1.29, 1.82) is 0 Å². The molecule has 0 bridgehead atoms. The summed E-state index contributed by atoms with van der Waals surface area (Å²) in [5.74, 6) is 0.493. The molecule has 1 aromatic carbocycles. The number of anilines is 2. The monoisotopic (exact) mass is 431 g/mol. The number of nitrogens with one attached hydrogen (secondary N) is 1. The number of nitrogens with two attached hydrogens (primary N) is 1. The number of hydrogen-bond acceptors (Lipinski definition) is 7. The quantitative estimate of drug-likeness (QED) is 0.509. The fourth-order valence-electron chi connectivity index (χ4n) is 3.76. The second kappa shape index (κ2) is 8.16. The molecule has 32 heavy (non-hydrogen) atoms. The van der Waals surface area contributed by atoms with Gasteiger partial charge in [0.2, 0.25) is 11.8 Å². The molecule has 10 nitrogen and oxygen atoms in total. The minimum absolute atomic E-state index is 0.167. The Morgan fingerprint density at radius 1 is 1.22 bits per heavy atom. The Labute approximate surface area is 183 Å². The Hall–Kier alpha value is -4.18. The summed E-state index contributed by atoms with van der Waals surface area (Å²) in [7, 11) is 1.50. The van der Waals surface area contributed by atoms with Crippen LogP contribution in [-0.2, 0) is 4.84 Å². The summed E-state index contributed by atoms with van der Waals surface area (Å²) in [5, 5.41) is 8.32. The first kappa shape index (κ1) is 19.8. The Morgan fingerprint density at radius 3 is 2.88 bits per heavy atom. The molecule has 1 aliphatic heterocycles. The maximum atomic E-state index is 13.1. The molecular weight excluding hydrogens is 410 g/mol. The number of carbonyl (C=O) groups is 1. The normalized spacial score (nSPS) is 15.8.